The molecule has 0 spiro atoms. The molecule has 3 saturated heterocycles. The summed E-state index contributed by atoms with van der Waals surface area (Å²) in [5.41, 5.74) is 1.38. The molecule has 4 rings (SSSR count). The molecule has 3 fully saturated rings. The van der Waals surface area contributed by atoms with Crippen LogP contribution in [0.4, 0.5) is 0 Å². The number of nitrogens with one attached hydrogen (secondary N) is 1. The molecule has 114 valence electrons. The van der Waals surface area contributed by atoms with Crippen molar-refractivity contribution in [2.24, 2.45) is 11.8 Å². The maximum Gasteiger partial charge on any atom is 0.0223 e. The highest BCUT2D eigenvalue weighted by molar-refractivity contribution is 7.98. The topological polar surface area (TPSA) is 15.3 Å². The van der Waals surface area contributed by atoms with Gasteiger partial charge in [-0.05, 0) is 55.2 Å². The Kier molecular flexibility index (Phi) is 5.04. The second kappa shape index (κ2) is 6.99. The predicted octanol–water partition coefficient (Wildman–Crippen LogP) is 3.39. The van der Waals surface area contributed by atoms with E-state index in [0.29, 0.717) is 0 Å². The van der Waals surface area contributed by atoms with Gasteiger partial charge in [-0.15, -0.1) is 18.3 Å². The van der Waals surface area contributed by atoms with Crippen molar-refractivity contribution in [1.29, 1.82) is 0 Å². The minimum Gasteiger partial charge on any atom is -0.311 e. The number of rotatable bonds is 6. The van der Waals surface area contributed by atoms with E-state index in [0.717, 1.165) is 31.0 Å². The van der Waals surface area contributed by atoms with Crippen LogP contribution in [0.1, 0.15) is 18.4 Å². The van der Waals surface area contributed by atoms with Gasteiger partial charge in [-0.2, -0.15) is 0 Å². The highest BCUT2D eigenvalue weighted by Crippen LogP contribution is 2.36. The van der Waals surface area contributed by atoms with Gasteiger partial charge in [-0.25, -0.2) is 0 Å². The predicted molar refractivity (Wildman–Crippen MR) is 91.7 cm³/mol. The molecule has 4 atom stereocenters. The van der Waals surface area contributed by atoms with E-state index in [9.17, 15) is 0 Å². The first-order valence-electron chi connectivity index (χ1n) is 8.00. The lowest BCUT2D eigenvalue weighted by Crippen LogP contribution is -2.55. The van der Waals surface area contributed by atoms with Crippen LogP contribution >= 0.6 is 11.8 Å². The summed E-state index contributed by atoms with van der Waals surface area (Å²) >= 11 is 1.80. The molecule has 1 unspecified atom stereocenters. The van der Waals surface area contributed by atoms with Crippen LogP contribution in [0.5, 0.6) is 0 Å². The van der Waals surface area contributed by atoms with Gasteiger partial charge in [0, 0.05) is 30.6 Å². The summed E-state index contributed by atoms with van der Waals surface area (Å²) < 4.78 is 0. The number of hydrogen-bond acceptors (Lipinski definition) is 3. The third-order valence-electron chi connectivity index (χ3n) is 5.10. The molecule has 1 aromatic rings. The normalized spacial score (nSPS) is 31.3. The number of fused-ring (bicyclic) bond motifs is 3. The highest BCUT2D eigenvalue weighted by Gasteiger charge is 2.38. The van der Waals surface area contributed by atoms with Gasteiger partial charge in [0.25, 0.3) is 0 Å². The molecule has 3 heteroatoms. The number of hydrogen-bond donors (Lipinski definition) is 1. The lowest BCUT2D eigenvalue weighted by atomic mass is 9.75. The monoisotopic (exact) mass is 302 g/mol. The molecule has 2 bridgehead atoms. The van der Waals surface area contributed by atoms with Crippen molar-refractivity contribution < 1.29 is 0 Å². The fraction of sp³-hybridized carbons (Fsp3) is 0.556. The second-order valence-electron chi connectivity index (χ2n) is 6.31. The van der Waals surface area contributed by atoms with Crippen molar-refractivity contribution in [1.82, 2.24) is 10.2 Å². The van der Waals surface area contributed by atoms with Crippen LogP contribution < -0.4 is 5.32 Å². The molecule has 1 aromatic carbocycles. The van der Waals surface area contributed by atoms with Crippen molar-refractivity contribution in [3.8, 4) is 0 Å². The van der Waals surface area contributed by atoms with Crippen molar-refractivity contribution in [2.45, 2.75) is 30.3 Å². The van der Waals surface area contributed by atoms with E-state index in [4.69, 9.17) is 0 Å². The molecule has 3 heterocycles. The first kappa shape index (κ1) is 15.1. The van der Waals surface area contributed by atoms with Crippen LogP contribution in [-0.4, -0.2) is 36.8 Å². The number of nitrogens with zero attached hydrogens (tertiary/aromatic N) is 1. The summed E-state index contributed by atoms with van der Waals surface area (Å²) in [5.74, 6) is 1.61. The fourth-order valence-corrected chi connectivity index (χ4v) is 4.19. The van der Waals surface area contributed by atoms with Crippen molar-refractivity contribution in [3.63, 3.8) is 0 Å². The summed E-state index contributed by atoms with van der Waals surface area (Å²) in [6, 6.07) is 9.62. The number of thioether (sulfide) groups is 1. The standard InChI is InChI=1S/C18H26N2S/c1-3-15-13-20-9-8-16(15)10-17(20)12-19-11-14-4-6-18(21-2)7-5-14/h3-7,15-17,19H,1,8-13H2,2H3/t15-,16-,17+/m0/s1. The number of benzene rings is 1. The van der Waals surface area contributed by atoms with Crippen molar-refractivity contribution >= 4 is 11.8 Å². The van der Waals surface area contributed by atoms with Crippen LogP contribution in [0.2, 0.25) is 0 Å². The molecule has 0 radical (unpaired) electrons. The first-order chi connectivity index (χ1) is 10.3. The SMILES string of the molecule is C=C[C@H]1CN2CC[C@H]1C[C@@H]2CNCc1ccc(SC)cc1. The van der Waals surface area contributed by atoms with Crippen LogP contribution in [0.3, 0.4) is 0 Å². The summed E-state index contributed by atoms with van der Waals surface area (Å²) in [4.78, 5) is 4.00. The average molecular weight is 302 g/mol. The Balaban J connectivity index is 1.46. The Morgan fingerprint density at radius 2 is 2.19 bits per heavy atom. The van der Waals surface area contributed by atoms with Gasteiger partial charge in [-0.3, -0.25) is 4.90 Å². The molecule has 2 nitrogen and oxygen atoms in total. The van der Waals surface area contributed by atoms with Gasteiger partial charge in [-0.1, -0.05) is 18.2 Å². The van der Waals surface area contributed by atoms with E-state index in [-0.39, 0.29) is 0 Å². The Morgan fingerprint density at radius 3 is 2.81 bits per heavy atom. The van der Waals surface area contributed by atoms with Gasteiger partial charge in [0.15, 0.2) is 0 Å². The smallest absolute Gasteiger partial charge is 0.0223 e. The summed E-state index contributed by atoms with van der Waals surface area (Å²) in [6.07, 6.45) is 7.00. The number of piperidine rings is 3. The van der Waals surface area contributed by atoms with Gasteiger partial charge >= 0.3 is 0 Å². The third-order valence-corrected chi connectivity index (χ3v) is 5.84. The van der Waals surface area contributed by atoms with Crippen molar-refractivity contribution in [2.75, 3.05) is 25.9 Å². The van der Waals surface area contributed by atoms with E-state index < -0.39 is 0 Å². The molecular formula is C18H26N2S. The van der Waals surface area contributed by atoms with Crippen molar-refractivity contribution in [3.05, 3.63) is 42.5 Å². The molecule has 0 aromatic heterocycles. The molecule has 3 aliphatic rings. The molecular weight excluding hydrogens is 276 g/mol. The third kappa shape index (κ3) is 3.53. The second-order valence-corrected chi connectivity index (χ2v) is 7.19. The van der Waals surface area contributed by atoms with Gasteiger partial charge < -0.3 is 5.32 Å². The summed E-state index contributed by atoms with van der Waals surface area (Å²) in [6.45, 7) is 8.60. The largest absolute Gasteiger partial charge is 0.311 e. The molecule has 0 aliphatic carbocycles. The van der Waals surface area contributed by atoms with Crippen LogP contribution in [-0.2, 0) is 6.54 Å². The molecule has 3 aliphatic heterocycles. The van der Waals surface area contributed by atoms with E-state index in [1.54, 1.807) is 11.8 Å². The Bertz CT molecular complexity index is 471. The zero-order valence-electron chi connectivity index (χ0n) is 12.9. The van der Waals surface area contributed by atoms with Gasteiger partial charge in [0.05, 0.1) is 0 Å². The Morgan fingerprint density at radius 1 is 1.38 bits per heavy atom. The van der Waals surface area contributed by atoms with E-state index >= 15 is 0 Å². The summed E-state index contributed by atoms with van der Waals surface area (Å²) in [7, 11) is 0. The van der Waals surface area contributed by atoms with E-state index in [1.807, 2.05) is 0 Å². The van der Waals surface area contributed by atoms with E-state index in [2.05, 4.69) is 53.4 Å². The highest BCUT2D eigenvalue weighted by atomic mass is 32.2. The molecule has 1 N–H and O–H groups in total. The Labute approximate surface area is 133 Å². The van der Waals surface area contributed by atoms with Gasteiger partial charge in [0.2, 0.25) is 0 Å². The minimum atomic E-state index is 0.727. The molecule has 0 saturated carbocycles. The zero-order chi connectivity index (χ0) is 14.7. The quantitative estimate of drug-likeness (QED) is 0.640. The molecule has 0 amide bonds. The van der Waals surface area contributed by atoms with Crippen LogP contribution in [0.25, 0.3) is 0 Å². The lowest BCUT2D eigenvalue weighted by molar-refractivity contribution is 0.0195. The van der Waals surface area contributed by atoms with Crippen LogP contribution in [0, 0.1) is 11.8 Å². The first-order valence-corrected chi connectivity index (χ1v) is 9.23. The van der Waals surface area contributed by atoms with Crippen LogP contribution in [0.15, 0.2) is 41.8 Å². The fourth-order valence-electron chi connectivity index (χ4n) is 3.79. The Hall–Kier alpha value is -0.770. The lowest BCUT2D eigenvalue weighted by Gasteiger charge is -2.49. The maximum absolute atomic E-state index is 4.00. The van der Waals surface area contributed by atoms with Gasteiger partial charge in [0.1, 0.15) is 0 Å². The van der Waals surface area contributed by atoms with E-state index in [1.165, 1.54) is 36.4 Å². The zero-order valence-corrected chi connectivity index (χ0v) is 13.7. The maximum atomic E-state index is 4.00. The minimum absolute atomic E-state index is 0.727. The summed E-state index contributed by atoms with van der Waals surface area (Å²) in [5, 5.41) is 3.65. The molecule has 21 heavy (non-hydrogen) atoms. The average Bonchev–Trinajstić information content (AvgIpc) is 2.56.